The smallest absolute Gasteiger partial charge is 0.251 e. The number of H-pyrrole nitrogens is 1. The van der Waals surface area contributed by atoms with Crippen LogP contribution in [0.3, 0.4) is 0 Å². The number of benzene rings is 1. The lowest BCUT2D eigenvalue weighted by Gasteiger charge is -2.18. The van der Waals surface area contributed by atoms with Crippen LogP contribution in [0.5, 0.6) is 0 Å². The van der Waals surface area contributed by atoms with Crippen LogP contribution in [0.4, 0.5) is 0 Å². The number of hydrogen-bond acceptors (Lipinski definition) is 1. The zero-order valence-electron chi connectivity index (χ0n) is 16.1. The number of nitrogens with one attached hydrogen (secondary N) is 2. The lowest BCUT2D eigenvalue weighted by Crippen LogP contribution is -2.32. The molecule has 3 nitrogen and oxygen atoms in total. The second kappa shape index (κ2) is 7.63. The summed E-state index contributed by atoms with van der Waals surface area (Å²) in [5.41, 5.74) is 4.74. The molecular formula is C22H32N2O. The Labute approximate surface area is 151 Å². The second-order valence-electron chi connectivity index (χ2n) is 8.39. The number of aromatic nitrogens is 1. The third kappa shape index (κ3) is 4.26. The van der Waals surface area contributed by atoms with Crippen molar-refractivity contribution in [3.63, 3.8) is 0 Å². The molecule has 0 aliphatic heterocycles. The van der Waals surface area contributed by atoms with Crippen LogP contribution in [-0.2, 0) is 12.8 Å². The molecule has 2 atom stereocenters. The molecule has 0 bridgehead atoms. The molecule has 0 spiro atoms. The van der Waals surface area contributed by atoms with Gasteiger partial charge >= 0.3 is 0 Å². The molecule has 0 unspecified atom stereocenters. The third-order valence-corrected chi connectivity index (χ3v) is 5.49. The van der Waals surface area contributed by atoms with E-state index in [2.05, 4.69) is 50.1 Å². The summed E-state index contributed by atoms with van der Waals surface area (Å²) in [5.74, 6) is 1.51. The van der Waals surface area contributed by atoms with Crippen LogP contribution in [0.25, 0.3) is 10.9 Å². The fourth-order valence-electron chi connectivity index (χ4n) is 3.94. The summed E-state index contributed by atoms with van der Waals surface area (Å²) in [6.07, 6.45) is 6.93. The van der Waals surface area contributed by atoms with Gasteiger partial charge in [0.15, 0.2) is 0 Å². The van der Waals surface area contributed by atoms with Crippen LogP contribution in [-0.4, -0.2) is 16.9 Å². The Balaban J connectivity index is 1.70. The summed E-state index contributed by atoms with van der Waals surface area (Å²) < 4.78 is 0. The Morgan fingerprint density at radius 1 is 1.28 bits per heavy atom. The fraction of sp³-hybridized carbons (Fsp3) is 0.591. The summed E-state index contributed by atoms with van der Waals surface area (Å²) in [6, 6.07) is 6.32. The number of fused-ring (bicyclic) bond motifs is 3. The minimum atomic E-state index is 0.0535. The van der Waals surface area contributed by atoms with Gasteiger partial charge in [0.25, 0.3) is 5.91 Å². The molecule has 1 aliphatic carbocycles. The molecule has 2 aromatic rings. The van der Waals surface area contributed by atoms with Crippen molar-refractivity contribution in [3.8, 4) is 0 Å². The predicted molar refractivity (Wildman–Crippen MR) is 105 cm³/mol. The monoisotopic (exact) mass is 340 g/mol. The quantitative estimate of drug-likeness (QED) is 0.742. The van der Waals surface area contributed by atoms with Crippen LogP contribution in [0, 0.1) is 11.8 Å². The number of carbonyl (C=O) groups is 1. The lowest BCUT2D eigenvalue weighted by atomic mass is 9.87. The van der Waals surface area contributed by atoms with E-state index in [1.54, 1.807) is 0 Å². The molecule has 136 valence electrons. The largest absolute Gasteiger partial charge is 0.358 e. The van der Waals surface area contributed by atoms with Crippen LogP contribution < -0.4 is 5.32 Å². The van der Waals surface area contributed by atoms with E-state index in [1.165, 1.54) is 41.4 Å². The predicted octanol–water partition coefficient (Wildman–Crippen LogP) is 5.24. The number of aryl methyl sites for hydroxylation is 1. The molecule has 3 rings (SSSR count). The molecule has 1 heterocycles. The highest BCUT2D eigenvalue weighted by molar-refractivity contribution is 5.99. The van der Waals surface area contributed by atoms with E-state index in [4.69, 9.17) is 0 Å². The lowest BCUT2D eigenvalue weighted by molar-refractivity contribution is 0.0938. The summed E-state index contributed by atoms with van der Waals surface area (Å²) in [7, 11) is 0. The third-order valence-electron chi connectivity index (χ3n) is 5.49. The highest BCUT2D eigenvalue weighted by Gasteiger charge is 2.20. The van der Waals surface area contributed by atoms with E-state index in [-0.39, 0.29) is 11.9 Å². The highest BCUT2D eigenvalue weighted by Crippen LogP contribution is 2.32. The average Bonchev–Trinajstić information content (AvgIpc) is 2.91. The standard InChI is InChI=1S/C22H32N2O/c1-14(2)6-5-7-16(4)23-22(25)17-9-11-21-19(13-17)18-12-15(3)8-10-20(18)24-21/h9,11,13-16,24H,5-8,10,12H2,1-4H3,(H,23,25)/t15-,16-/m0/s1. The van der Waals surface area contributed by atoms with Crippen LogP contribution in [0.15, 0.2) is 18.2 Å². The molecule has 1 aliphatic rings. The molecule has 25 heavy (non-hydrogen) atoms. The van der Waals surface area contributed by atoms with Crippen molar-refractivity contribution in [1.82, 2.24) is 10.3 Å². The van der Waals surface area contributed by atoms with Gasteiger partial charge in [0.05, 0.1) is 0 Å². The Morgan fingerprint density at radius 3 is 2.84 bits per heavy atom. The van der Waals surface area contributed by atoms with Crippen molar-refractivity contribution in [2.45, 2.75) is 72.3 Å². The van der Waals surface area contributed by atoms with E-state index in [0.717, 1.165) is 36.7 Å². The van der Waals surface area contributed by atoms with Crippen molar-refractivity contribution in [3.05, 3.63) is 35.0 Å². The number of aromatic amines is 1. The SMILES string of the molecule is CC(C)CCC[C@H](C)NC(=O)c1ccc2[nH]c3c(c2c1)C[C@@H](C)CC3. The maximum absolute atomic E-state index is 12.6. The zero-order valence-corrected chi connectivity index (χ0v) is 16.1. The second-order valence-corrected chi connectivity index (χ2v) is 8.39. The average molecular weight is 341 g/mol. The van der Waals surface area contributed by atoms with E-state index in [1.807, 2.05) is 6.07 Å². The number of hydrogen-bond donors (Lipinski definition) is 2. The van der Waals surface area contributed by atoms with Crippen LogP contribution in [0.2, 0.25) is 0 Å². The van der Waals surface area contributed by atoms with Crippen LogP contribution in [0.1, 0.15) is 75.0 Å². The molecular weight excluding hydrogens is 308 g/mol. The molecule has 1 amide bonds. The van der Waals surface area contributed by atoms with Gasteiger partial charge in [-0.15, -0.1) is 0 Å². The molecule has 2 N–H and O–H groups in total. The maximum atomic E-state index is 12.6. The maximum Gasteiger partial charge on any atom is 0.251 e. The van der Waals surface area contributed by atoms with Crippen molar-refractivity contribution in [1.29, 1.82) is 0 Å². The van der Waals surface area contributed by atoms with Crippen molar-refractivity contribution in [2.75, 3.05) is 0 Å². The number of amides is 1. The van der Waals surface area contributed by atoms with Gasteiger partial charge in [0.1, 0.15) is 0 Å². The molecule has 1 aromatic carbocycles. The first-order valence-electron chi connectivity index (χ1n) is 9.88. The summed E-state index contributed by atoms with van der Waals surface area (Å²) in [4.78, 5) is 16.2. The van der Waals surface area contributed by atoms with Gasteiger partial charge in [-0.3, -0.25) is 4.79 Å². The first-order chi connectivity index (χ1) is 11.9. The van der Waals surface area contributed by atoms with Gasteiger partial charge in [-0.05, 0) is 68.2 Å². The van der Waals surface area contributed by atoms with E-state index < -0.39 is 0 Å². The Morgan fingerprint density at radius 2 is 2.08 bits per heavy atom. The molecule has 0 saturated heterocycles. The highest BCUT2D eigenvalue weighted by atomic mass is 16.1. The topological polar surface area (TPSA) is 44.9 Å². The number of rotatable bonds is 6. The Bertz CT molecular complexity index is 744. The van der Waals surface area contributed by atoms with Crippen LogP contribution >= 0.6 is 0 Å². The molecule has 1 aromatic heterocycles. The van der Waals surface area contributed by atoms with Gasteiger partial charge < -0.3 is 10.3 Å². The Hall–Kier alpha value is -1.77. The Kier molecular flexibility index (Phi) is 5.51. The van der Waals surface area contributed by atoms with Crippen molar-refractivity contribution >= 4 is 16.8 Å². The van der Waals surface area contributed by atoms with Gasteiger partial charge in [0.2, 0.25) is 0 Å². The van der Waals surface area contributed by atoms with Gasteiger partial charge in [-0.2, -0.15) is 0 Å². The molecule has 3 heteroatoms. The van der Waals surface area contributed by atoms with E-state index in [0.29, 0.717) is 0 Å². The first-order valence-corrected chi connectivity index (χ1v) is 9.88. The van der Waals surface area contributed by atoms with Crippen molar-refractivity contribution < 1.29 is 4.79 Å². The molecule has 0 radical (unpaired) electrons. The van der Waals surface area contributed by atoms with Gasteiger partial charge in [0, 0.05) is 28.2 Å². The van der Waals surface area contributed by atoms with Gasteiger partial charge in [-0.25, -0.2) is 0 Å². The minimum Gasteiger partial charge on any atom is -0.358 e. The van der Waals surface area contributed by atoms with Gasteiger partial charge in [-0.1, -0.05) is 33.6 Å². The van der Waals surface area contributed by atoms with Crippen molar-refractivity contribution in [2.24, 2.45) is 11.8 Å². The first kappa shape index (κ1) is 18.0. The fourth-order valence-corrected chi connectivity index (χ4v) is 3.94. The zero-order chi connectivity index (χ0) is 18.0. The van der Waals surface area contributed by atoms with E-state index in [9.17, 15) is 4.79 Å². The summed E-state index contributed by atoms with van der Waals surface area (Å²) >= 11 is 0. The number of carbonyl (C=O) groups excluding carboxylic acids is 1. The summed E-state index contributed by atoms with van der Waals surface area (Å²) in [6.45, 7) is 8.92. The molecule has 0 fully saturated rings. The summed E-state index contributed by atoms with van der Waals surface area (Å²) in [5, 5.41) is 4.40. The minimum absolute atomic E-state index is 0.0535. The normalized spacial score (nSPS) is 18.4. The molecule has 0 saturated carbocycles. The van der Waals surface area contributed by atoms with E-state index >= 15 is 0 Å².